The third kappa shape index (κ3) is 3.73. The fourth-order valence-corrected chi connectivity index (χ4v) is 3.19. The van der Waals surface area contributed by atoms with Crippen LogP contribution in [0.4, 0.5) is 5.69 Å². The lowest BCUT2D eigenvalue weighted by atomic mass is 10.2. The van der Waals surface area contributed by atoms with Crippen LogP contribution in [-0.2, 0) is 14.6 Å². The average molecular weight is 322 g/mol. The molecule has 1 aromatic heterocycles. The number of hydrogen-bond acceptors (Lipinski definition) is 5. The smallest absolute Gasteiger partial charge is 0.225 e. The molecule has 1 N–H and O–H groups in total. The van der Waals surface area contributed by atoms with Crippen LogP contribution in [0.25, 0.3) is 0 Å². The maximum atomic E-state index is 12.2. The molecule has 6 nitrogen and oxygen atoms in total. The van der Waals surface area contributed by atoms with Crippen molar-refractivity contribution in [1.82, 2.24) is 5.16 Å². The van der Waals surface area contributed by atoms with Gasteiger partial charge in [-0.2, -0.15) is 0 Å². The number of carbonyl (C=O) groups excluding carboxylic acids is 1. The van der Waals surface area contributed by atoms with Crippen LogP contribution in [0.2, 0.25) is 0 Å². The van der Waals surface area contributed by atoms with Crippen LogP contribution in [0, 0.1) is 20.8 Å². The summed E-state index contributed by atoms with van der Waals surface area (Å²) in [6.45, 7) is 5.27. The first-order valence-electron chi connectivity index (χ1n) is 6.82. The Balaban J connectivity index is 2.00. The molecule has 0 aliphatic rings. The van der Waals surface area contributed by atoms with Crippen LogP contribution >= 0.6 is 0 Å². The molecule has 1 heterocycles. The second-order valence-electron chi connectivity index (χ2n) is 5.13. The fraction of sp³-hybridized carbons (Fsp3) is 0.333. The summed E-state index contributed by atoms with van der Waals surface area (Å²) in [4.78, 5) is 12.1. The first-order chi connectivity index (χ1) is 10.3. The van der Waals surface area contributed by atoms with Crippen molar-refractivity contribution in [2.24, 2.45) is 0 Å². The Morgan fingerprint density at radius 2 is 1.82 bits per heavy atom. The van der Waals surface area contributed by atoms with E-state index < -0.39 is 9.84 Å². The molecule has 2 aromatic rings. The van der Waals surface area contributed by atoms with Crippen LogP contribution < -0.4 is 5.32 Å². The van der Waals surface area contributed by atoms with Gasteiger partial charge in [-0.1, -0.05) is 22.9 Å². The lowest BCUT2D eigenvalue weighted by molar-refractivity contribution is -0.115. The standard InChI is InChI=1S/C15H18N2O4S/c1-10-4-6-13(7-5-10)22(19,20)9-8-14(18)16-15-11(2)17-21-12(15)3/h4-7H,8-9H2,1-3H3,(H,16,18). The molecule has 0 bridgehead atoms. The van der Waals surface area contributed by atoms with Gasteiger partial charge < -0.3 is 9.84 Å². The highest BCUT2D eigenvalue weighted by Gasteiger charge is 2.18. The summed E-state index contributed by atoms with van der Waals surface area (Å²) in [6, 6.07) is 6.57. The summed E-state index contributed by atoms with van der Waals surface area (Å²) in [7, 11) is -3.47. The summed E-state index contributed by atoms with van der Waals surface area (Å²) < 4.78 is 29.3. The van der Waals surface area contributed by atoms with Crippen LogP contribution in [-0.4, -0.2) is 25.2 Å². The molecule has 0 aliphatic heterocycles. The van der Waals surface area contributed by atoms with Crippen LogP contribution in [0.3, 0.4) is 0 Å². The lowest BCUT2D eigenvalue weighted by Gasteiger charge is -2.06. The molecule has 118 valence electrons. The van der Waals surface area contributed by atoms with Crippen molar-refractivity contribution in [1.29, 1.82) is 0 Å². The second kappa shape index (κ2) is 6.31. The zero-order valence-corrected chi connectivity index (χ0v) is 13.5. The first-order valence-corrected chi connectivity index (χ1v) is 8.47. The van der Waals surface area contributed by atoms with Crippen molar-refractivity contribution in [3.63, 3.8) is 0 Å². The average Bonchev–Trinajstić information content (AvgIpc) is 2.78. The molecule has 22 heavy (non-hydrogen) atoms. The van der Waals surface area contributed by atoms with Crippen LogP contribution in [0.1, 0.15) is 23.4 Å². The highest BCUT2D eigenvalue weighted by molar-refractivity contribution is 7.91. The zero-order chi connectivity index (χ0) is 16.3. The highest BCUT2D eigenvalue weighted by atomic mass is 32.2. The summed E-state index contributed by atoms with van der Waals surface area (Å²) >= 11 is 0. The third-order valence-corrected chi connectivity index (χ3v) is 5.01. The predicted molar refractivity (Wildman–Crippen MR) is 82.5 cm³/mol. The molecule has 0 radical (unpaired) electrons. The lowest BCUT2D eigenvalue weighted by Crippen LogP contribution is -2.18. The Morgan fingerprint density at radius 3 is 2.36 bits per heavy atom. The summed E-state index contributed by atoms with van der Waals surface area (Å²) in [6.07, 6.45) is -0.125. The SMILES string of the molecule is Cc1ccc(S(=O)(=O)CCC(=O)Nc2c(C)noc2C)cc1. The van der Waals surface area contributed by atoms with Gasteiger partial charge in [0.2, 0.25) is 5.91 Å². The van der Waals surface area contributed by atoms with Crippen LogP contribution in [0.5, 0.6) is 0 Å². The maximum Gasteiger partial charge on any atom is 0.225 e. The zero-order valence-electron chi connectivity index (χ0n) is 12.7. The molecule has 0 aliphatic carbocycles. The van der Waals surface area contributed by atoms with Gasteiger partial charge in [-0.3, -0.25) is 4.79 Å². The van der Waals surface area contributed by atoms with E-state index in [9.17, 15) is 13.2 Å². The molecule has 0 fully saturated rings. The Morgan fingerprint density at radius 1 is 1.18 bits per heavy atom. The number of sulfone groups is 1. The van der Waals surface area contributed by atoms with E-state index in [0.29, 0.717) is 17.1 Å². The summed E-state index contributed by atoms with van der Waals surface area (Å²) in [5.41, 5.74) is 2.04. The highest BCUT2D eigenvalue weighted by Crippen LogP contribution is 2.19. The molecule has 0 unspecified atom stereocenters. The third-order valence-electron chi connectivity index (χ3n) is 3.28. The molecule has 0 spiro atoms. The van der Waals surface area contributed by atoms with Gasteiger partial charge in [-0.25, -0.2) is 8.42 Å². The minimum atomic E-state index is -3.47. The molecule has 2 rings (SSSR count). The number of benzene rings is 1. The topological polar surface area (TPSA) is 89.3 Å². The van der Waals surface area contributed by atoms with Crippen LogP contribution in [0.15, 0.2) is 33.7 Å². The van der Waals surface area contributed by atoms with Gasteiger partial charge in [0, 0.05) is 6.42 Å². The van der Waals surface area contributed by atoms with Crippen molar-refractivity contribution >= 4 is 21.4 Å². The number of nitrogens with zero attached hydrogens (tertiary/aromatic N) is 1. The number of rotatable bonds is 5. The largest absolute Gasteiger partial charge is 0.359 e. The van der Waals surface area contributed by atoms with Gasteiger partial charge in [0.25, 0.3) is 0 Å². The number of anilines is 1. The molecule has 1 amide bonds. The molecular formula is C15H18N2O4S. The number of nitrogens with one attached hydrogen (secondary N) is 1. The Labute approximate surface area is 129 Å². The molecular weight excluding hydrogens is 304 g/mol. The minimum Gasteiger partial charge on any atom is -0.359 e. The molecule has 0 atom stereocenters. The van der Waals surface area contributed by atoms with E-state index in [2.05, 4.69) is 10.5 Å². The summed E-state index contributed by atoms with van der Waals surface area (Å²) in [5.74, 6) is -0.136. The molecule has 0 saturated heterocycles. The normalized spacial score (nSPS) is 11.4. The summed E-state index contributed by atoms with van der Waals surface area (Å²) in [5, 5.41) is 6.36. The van der Waals surface area contributed by atoms with Gasteiger partial charge in [-0.05, 0) is 32.9 Å². The van der Waals surface area contributed by atoms with Crippen molar-refractivity contribution in [3.05, 3.63) is 41.3 Å². The number of aromatic nitrogens is 1. The number of aryl methyl sites for hydroxylation is 3. The van der Waals surface area contributed by atoms with Gasteiger partial charge in [-0.15, -0.1) is 0 Å². The van der Waals surface area contributed by atoms with E-state index in [1.807, 2.05) is 6.92 Å². The monoisotopic (exact) mass is 322 g/mol. The number of amides is 1. The molecule has 7 heteroatoms. The van der Waals surface area contributed by atoms with E-state index in [4.69, 9.17) is 4.52 Å². The van der Waals surface area contributed by atoms with E-state index >= 15 is 0 Å². The van der Waals surface area contributed by atoms with Gasteiger partial charge in [0.1, 0.15) is 11.4 Å². The van der Waals surface area contributed by atoms with Crippen molar-refractivity contribution in [2.45, 2.75) is 32.1 Å². The van der Waals surface area contributed by atoms with Gasteiger partial charge in [0.05, 0.1) is 10.6 Å². The number of hydrogen-bond donors (Lipinski definition) is 1. The van der Waals surface area contributed by atoms with E-state index in [1.54, 1.807) is 38.1 Å². The van der Waals surface area contributed by atoms with E-state index in [-0.39, 0.29) is 23.0 Å². The number of carbonyl (C=O) groups is 1. The Hall–Kier alpha value is -2.15. The van der Waals surface area contributed by atoms with E-state index in [1.165, 1.54) is 0 Å². The maximum absolute atomic E-state index is 12.2. The fourth-order valence-electron chi connectivity index (χ4n) is 1.95. The van der Waals surface area contributed by atoms with Gasteiger partial charge in [0.15, 0.2) is 15.6 Å². The Kier molecular flexibility index (Phi) is 4.65. The van der Waals surface area contributed by atoms with Crippen molar-refractivity contribution < 1.29 is 17.7 Å². The van der Waals surface area contributed by atoms with E-state index in [0.717, 1.165) is 5.56 Å². The minimum absolute atomic E-state index is 0.125. The van der Waals surface area contributed by atoms with Crippen molar-refractivity contribution in [2.75, 3.05) is 11.1 Å². The van der Waals surface area contributed by atoms with Gasteiger partial charge >= 0.3 is 0 Å². The Bertz CT molecular complexity index is 757. The first kappa shape index (κ1) is 16.2. The quantitative estimate of drug-likeness (QED) is 0.913. The molecule has 0 saturated carbocycles. The van der Waals surface area contributed by atoms with Crippen molar-refractivity contribution in [3.8, 4) is 0 Å². The molecule has 1 aromatic carbocycles. The predicted octanol–water partition coefficient (Wildman–Crippen LogP) is 2.40. The second-order valence-corrected chi connectivity index (χ2v) is 7.24.